The zero-order valence-electron chi connectivity index (χ0n) is 20.4. The minimum atomic E-state index is -1.12. The number of ether oxygens (including phenoxy) is 1. The molecule has 8 heteroatoms. The Bertz CT molecular complexity index is 1100. The lowest BCUT2D eigenvalue weighted by Crippen LogP contribution is -2.45. The highest BCUT2D eigenvalue weighted by Crippen LogP contribution is 2.39. The van der Waals surface area contributed by atoms with Crippen LogP contribution in [0.4, 0.5) is 5.69 Å². The molecule has 0 aliphatic carbocycles. The van der Waals surface area contributed by atoms with Gasteiger partial charge in [0.1, 0.15) is 18.7 Å². The Balaban J connectivity index is 1.49. The molecule has 0 saturated carbocycles. The van der Waals surface area contributed by atoms with E-state index in [-0.39, 0.29) is 0 Å². The maximum Gasteiger partial charge on any atom is 0.144 e. The summed E-state index contributed by atoms with van der Waals surface area (Å²) >= 11 is 0. The minimum Gasteiger partial charge on any atom is -0.370 e. The van der Waals surface area contributed by atoms with Crippen LogP contribution < -0.4 is 4.90 Å². The van der Waals surface area contributed by atoms with Crippen molar-refractivity contribution in [2.75, 3.05) is 38.2 Å². The van der Waals surface area contributed by atoms with Gasteiger partial charge in [0.25, 0.3) is 0 Å². The molecule has 0 bridgehead atoms. The molecule has 2 aliphatic heterocycles. The number of rotatable bonds is 7. The van der Waals surface area contributed by atoms with Crippen LogP contribution >= 0.6 is 0 Å². The molecule has 0 radical (unpaired) electrons. The summed E-state index contributed by atoms with van der Waals surface area (Å²) in [4.78, 5) is 18.5. The lowest BCUT2D eigenvalue weighted by atomic mass is 9.92. The van der Waals surface area contributed by atoms with E-state index in [0.717, 1.165) is 54.5 Å². The van der Waals surface area contributed by atoms with Crippen molar-refractivity contribution in [3.8, 4) is 11.1 Å². The molecule has 2 atom stereocenters. The zero-order valence-corrected chi connectivity index (χ0v) is 21.4. The quantitative estimate of drug-likeness (QED) is 0.383. The molecule has 7 nitrogen and oxygen atoms in total. The second-order valence-electron chi connectivity index (χ2n) is 10.8. The van der Waals surface area contributed by atoms with Gasteiger partial charge in [0.2, 0.25) is 0 Å². The molecule has 0 spiro atoms. The molecule has 2 saturated heterocycles. The average Bonchev–Trinajstić information content (AvgIpc) is 3.37. The third-order valence-corrected chi connectivity index (χ3v) is 8.99. The Morgan fingerprint density at radius 2 is 1.94 bits per heavy atom. The number of pyridine rings is 1. The first-order valence-electron chi connectivity index (χ1n) is 12.2. The molecule has 33 heavy (non-hydrogen) atoms. The monoisotopic (exact) mass is 464 g/mol. The van der Waals surface area contributed by atoms with E-state index >= 15 is 0 Å². The average molecular weight is 465 g/mol. The maximum absolute atomic E-state index is 6.11. The van der Waals surface area contributed by atoms with Crippen molar-refractivity contribution in [1.82, 2.24) is 24.4 Å². The summed E-state index contributed by atoms with van der Waals surface area (Å²) in [7, 11) is 1.16. The van der Waals surface area contributed by atoms with E-state index in [9.17, 15) is 0 Å². The number of likely N-dealkylation sites (tertiary alicyclic amines) is 1. The standard InChI is InChI=1S/C25H36N6OSi/c1-29-9-6-19-15-30(10-7-22(19)29)23-5-8-28-25-24(23)21(20-13-26-17-27-14-20)16-31(25)18-32-11-12-33(2,3)4/h5,8,13-14,16-17,19,22H,6-7,9-12,15,18H2,1-4H3/t19-,22-/m0/s1. The predicted octanol–water partition coefficient (Wildman–Crippen LogP) is 4.34. The fourth-order valence-corrected chi connectivity index (χ4v) is 6.15. The SMILES string of the molecule is CN1CC[C@H]2CN(c3ccnc4c3c(-c3cncnc3)cn4COCC[Si](C)(C)C)CC[C@@H]21. The number of hydrogen-bond acceptors (Lipinski definition) is 6. The summed E-state index contributed by atoms with van der Waals surface area (Å²) < 4.78 is 8.27. The molecule has 5 heterocycles. The number of hydrogen-bond donors (Lipinski definition) is 0. The van der Waals surface area contributed by atoms with Crippen molar-refractivity contribution in [3.63, 3.8) is 0 Å². The summed E-state index contributed by atoms with van der Waals surface area (Å²) in [5, 5.41) is 1.19. The van der Waals surface area contributed by atoms with E-state index in [0.29, 0.717) is 6.73 Å². The second kappa shape index (κ2) is 9.16. The van der Waals surface area contributed by atoms with Crippen molar-refractivity contribution in [1.29, 1.82) is 0 Å². The molecular formula is C25H36N6OSi. The van der Waals surface area contributed by atoms with Crippen molar-refractivity contribution < 1.29 is 4.74 Å². The Labute approximate surface area is 197 Å². The first-order valence-corrected chi connectivity index (χ1v) is 15.9. The molecule has 3 aromatic rings. The van der Waals surface area contributed by atoms with Crippen LogP contribution in [0.1, 0.15) is 12.8 Å². The Kier molecular flexibility index (Phi) is 6.24. The van der Waals surface area contributed by atoms with Crippen molar-refractivity contribution in [2.24, 2.45) is 5.92 Å². The summed E-state index contributed by atoms with van der Waals surface area (Å²) in [6.07, 6.45) is 12.0. The molecule has 0 N–H and O–H groups in total. The highest BCUT2D eigenvalue weighted by molar-refractivity contribution is 6.76. The van der Waals surface area contributed by atoms with Gasteiger partial charge >= 0.3 is 0 Å². The lowest BCUT2D eigenvalue weighted by Gasteiger charge is -2.38. The zero-order chi connectivity index (χ0) is 23.0. The fraction of sp³-hybridized carbons (Fsp3) is 0.560. The normalized spacial score (nSPS) is 21.6. The third kappa shape index (κ3) is 4.69. The van der Waals surface area contributed by atoms with Gasteiger partial charge in [0.05, 0.1) is 5.39 Å². The predicted molar refractivity (Wildman–Crippen MR) is 136 cm³/mol. The van der Waals surface area contributed by atoms with Gasteiger partial charge in [-0.15, -0.1) is 0 Å². The summed E-state index contributed by atoms with van der Waals surface area (Å²) in [5.41, 5.74) is 4.40. The largest absolute Gasteiger partial charge is 0.370 e. The van der Waals surface area contributed by atoms with Crippen molar-refractivity contribution in [3.05, 3.63) is 37.2 Å². The highest BCUT2D eigenvalue weighted by Gasteiger charge is 2.37. The van der Waals surface area contributed by atoms with E-state index in [1.807, 2.05) is 18.6 Å². The van der Waals surface area contributed by atoms with Gasteiger partial charge in [-0.05, 0) is 44.5 Å². The summed E-state index contributed by atoms with van der Waals surface area (Å²) in [5.74, 6) is 0.738. The number of nitrogens with zero attached hydrogens (tertiary/aromatic N) is 6. The van der Waals surface area contributed by atoms with E-state index < -0.39 is 8.07 Å². The number of piperidine rings is 1. The van der Waals surface area contributed by atoms with Crippen LogP contribution in [0.25, 0.3) is 22.2 Å². The van der Waals surface area contributed by atoms with Crippen LogP contribution in [0, 0.1) is 5.92 Å². The number of fused-ring (bicyclic) bond motifs is 2. The van der Waals surface area contributed by atoms with E-state index in [2.05, 4.69) is 63.3 Å². The highest BCUT2D eigenvalue weighted by atomic mass is 28.3. The van der Waals surface area contributed by atoms with Gasteiger partial charge in [-0.3, -0.25) is 0 Å². The molecule has 3 aromatic heterocycles. The van der Waals surface area contributed by atoms with Crippen LogP contribution in [0.2, 0.25) is 25.7 Å². The molecule has 176 valence electrons. The Morgan fingerprint density at radius 3 is 2.73 bits per heavy atom. The van der Waals surface area contributed by atoms with Crippen LogP contribution in [0.15, 0.2) is 37.2 Å². The molecule has 0 aromatic carbocycles. The topological polar surface area (TPSA) is 59.3 Å². The first-order chi connectivity index (χ1) is 15.9. The van der Waals surface area contributed by atoms with Gasteiger partial charge in [0, 0.05) is 75.4 Å². The van der Waals surface area contributed by atoms with Crippen LogP contribution in [0.3, 0.4) is 0 Å². The summed E-state index contributed by atoms with van der Waals surface area (Å²) in [6.45, 7) is 11.9. The van der Waals surface area contributed by atoms with Crippen LogP contribution in [-0.4, -0.2) is 71.8 Å². The van der Waals surface area contributed by atoms with Crippen molar-refractivity contribution >= 4 is 24.8 Å². The molecule has 2 fully saturated rings. The van der Waals surface area contributed by atoms with Gasteiger partial charge in [-0.25, -0.2) is 15.0 Å². The van der Waals surface area contributed by atoms with E-state index in [1.54, 1.807) is 6.33 Å². The first kappa shape index (κ1) is 22.5. The Morgan fingerprint density at radius 1 is 1.12 bits per heavy atom. The fourth-order valence-electron chi connectivity index (χ4n) is 5.40. The number of aromatic nitrogens is 4. The van der Waals surface area contributed by atoms with Gasteiger partial charge in [-0.1, -0.05) is 19.6 Å². The molecular weight excluding hydrogens is 428 g/mol. The second-order valence-corrected chi connectivity index (χ2v) is 16.5. The van der Waals surface area contributed by atoms with E-state index in [1.165, 1.54) is 30.5 Å². The van der Waals surface area contributed by atoms with Gasteiger partial charge in [-0.2, -0.15) is 0 Å². The third-order valence-electron chi connectivity index (χ3n) is 7.29. The number of anilines is 1. The minimum absolute atomic E-state index is 0.515. The van der Waals surface area contributed by atoms with Gasteiger partial charge < -0.3 is 19.1 Å². The molecule has 5 rings (SSSR count). The summed E-state index contributed by atoms with van der Waals surface area (Å²) in [6, 6.07) is 4.07. The van der Waals surface area contributed by atoms with Crippen molar-refractivity contribution in [2.45, 2.75) is 51.3 Å². The van der Waals surface area contributed by atoms with Crippen LogP contribution in [0.5, 0.6) is 0 Å². The smallest absolute Gasteiger partial charge is 0.144 e. The van der Waals surface area contributed by atoms with E-state index in [4.69, 9.17) is 9.72 Å². The maximum atomic E-state index is 6.11. The Hall–Kier alpha value is -2.29. The molecule has 2 aliphatic rings. The van der Waals surface area contributed by atoms with Gasteiger partial charge in [0.15, 0.2) is 0 Å². The molecule has 0 unspecified atom stereocenters. The molecule has 0 amide bonds. The van der Waals surface area contributed by atoms with Crippen LogP contribution in [-0.2, 0) is 11.5 Å². The lowest BCUT2D eigenvalue weighted by molar-refractivity contribution is 0.0899.